The van der Waals surface area contributed by atoms with Crippen molar-refractivity contribution >= 4 is 5.69 Å². The fraction of sp³-hybridized carbons (Fsp3) is 0.375. The molecular formula is C16H22N2O. The quantitative estimate of drug-likeness (QED) is 0.890. The van der Waals surface area contributed by atoms with Crippen LogP contribution in [0.3, 0.4) is 0 Å². The molecule has 0 spiro atoms. The van der Waals surface area contributed by atoms with Crippen LogP contribution in [-0.4, -0.2) is 7.05 Å². The molecule has 2 aromatic rings. The number of nitrogens with zero attached hydrogens (tertiary/aromatic N) is 1. The molecule has 0 bridgehead atoms. The van der Waals surface area contributed by atoms with Gasteiger partial charge in [0.1, 0.15) is 5.76 Å². The highest BCUT2D eigenvalue weighted by molar-refractivity contribution is 5.48. The van der Waals surface area contributed by atoms with E-state index in [2.05, 4.69) is 43.1 Å². The molecule has 0 saturated heterocycles. The normalized spacial score (nSPS) is 12.4. The zero-order chi connectivity index (χ0) is 13.8. The van der Waals surface area contributed by atoms with Crippen LogP contribution in [0.1, 0.15) is 36.3 Å². The van der Waals surface area contributed by atoms with Gasteiger partial charge >= 0.3 is 0 Å². The Bertz CT molecular complexity index is 516. The van der Waals surface area contributed by atoms with Crippen LogP contribution >= 0.6 is 0 Å². The molecule has 102 valence electrons. The molecule has 0 aliphatic carbocycles. The summed E-state index contributed by atoms with van der Waals surface area (Å²) in [6.07, 6.45) is 2.70. The van der Waals surface area contributed by atoms with Gasteiger partial charge in [0, 0.05) is 30.9 Å². The fourth-order valence-corrected chi connectivity index (χ4v) is 2.13. The molecule has 2 N–H and O–H groups in total. The Balaban J connectivity index is 2.07. The Labute approximate surface area is 115 Å². The molecule has 0 fully saturated rings. The van der Waals surface area contributed by atoms with E-state index in [-0.39, 0.29) is 6.04 Å². The highest BCUT2D eigenvalue weighted by atomic mass is 16.3. The number of rotatable bonds is 5. The SMILES string of the molecule is CC[C@@H](N)c1ccc(N(C)Cc2ccoc2C)cc1. The predicted octanol–water partition coefficient (Wildman–Crippen LogP) is 3.63. The Kier molecular flexibility index (Phi) is 4.27. The van der Waals surface area contributed by atoms with E-state index in [1.165, 1.54) is 16.8 Å². The lowest BCUT2D eigenvalue weighted by Crippen LogP contribution is -2.16. The minimum absolute atomic E-state index is 0.135. The largest absolute Gasteiger partial charge is 0.469 e. The minimum Gasteiger partial charge on any atom is -0.469 e. The average Bonchev–Trinajstić information content (AvgIpc) is 2.83. The van der Waals surface area contributed by atoms with Gasteiger partial charge in [0.2, 0.25) is 0 Å². The number of furan rings is 1. The number of nitrogens with two attached hydrogens (primary N) is 1. The first-order valence-electron chi connectivity index (χ1n) is 6.71. The summed E-state index contributed by atoms with van der Waals surface area (Å²) in [4.78, 5) is 2.21. The second-order valence-corrected chi connectivity index (χ2v) is 4.96. The zero-order valence-corrected chi connectivity index (χ0v) is 11.9. The van der Waals surface area contributed by atoms with E-state index in [1.54, 1.807) is 6.26 Å². The number of aryl methyl sites for hydroxylation is 1. The first kappa shape index (κ1) is 13.7. The number of benzene rings is 1. The highest BCUT2D eigenvalue weighted by Crippen LogP contribution is 2.21. The molecule has 0 amide bonds. The molecule has 1 heterocycles. The minimum atomic E-state index is 0.135. The van der Waals surface area contributed by atoms with E-state index in [4.69, 9.17) is 10.2 Å². The molecule has 2 rings (SSSR count). The van der Waals surface area contributed by atoms with Crippen molar-refractivity contribution in [1.29, 1.82) is 0 Å². The van der Waals surface area contributed by atoms with Crippen molar-refractivity contribution in [1.82, 2.24) is 0 Å². The number of hydrogen-bond acceptors (Lipinski definition) is 3. The maximum absolute atomic E-state index is 6.02. The summed E-state index contributed by atoms with van der Waals surface area (Å²) in [5.74, 6) is 0.983. The maximum Gasteiger partial charge on any atom is 0.105 e. The lowest BCUT2D eigenvalue weighted by molar-refractivity contribution is 0.529. The molecular weight excluding hydrogens is 236 g/mol. The third-order valence-electron chi connectivity index (χ3n) is 3.58. The summed E-state index contributed by atoms with van der Waals surface area (Å²) < 4.78 is 5.32. The fourth-order valence-electron chi connectivity index (χ4n) is 2.13. The number of anilines is 1. The third kappa shape index (κ3) is 3.18. The number of hydrogen-bond donors (Lipinski definition) is 1. The molecule has 0 unspecified atom stereocenters. The van der Waals surface area contributed by atoms with Gasteiger partial charge in [-0.3, -0.25) is 0 Å². The van der Waals surface area contributed by atoms with Crippen LogP contribution in [0.25, 0.3) is 0 Å². The van der Waals surface area contributed by atoms with Gasteiger partial charge in [-0.25, -0.2) is 0 Å². The van der Waals surface area contributed by atoms with Crippen LogP contribution in [0, 0.1) is 6.92 Å². The molecule has 3 heteroatoms. The topological polar surface area (TPSA) is 42.4 Å². The zero-order valence-electron chi connectivity index (χ0n) is 11.9. The van der Waals surface area contributed by atoms with E-state index >= 15 is 0 Å². The summed E-state index contributed by atoms with van der Waals surface area (Å²) in [7, 11) is 2.08. The first-order chi connectivity index (χ1) is 9.11. The summed E-state index contributed by atoms with van der Waals surface area (Å²) in [6.45, 7) is 4.94. The van der Waals surface area contributed by atoms with E-state index in [0.717, 1.165) is 18.7 Å². The first-order valence-corrected chi connectivity index (χ1v) is 6.71. The maximum atomic E-state index is 6.02. The average molecular weight is 258 g/mol. The molecule has 0 aliphatic rings. The second kappa shape index (κ2) is 5.93. The van der Waals surface area contributed by atoms with Gasteiger partial charge in [-0.1, -0.05) is 19.1 Å². The van der Waals surface area contributed by atoms with Crippen molar-refractivity contribution in [3.63, 3.8) is 0 Å². The summed E-state index contributed by atoms with van der Waals surface area (Å²) in [6, 6.07) is 10.6. The molecule has 0 radical (unpaired) electrons. The molecule has 1 atom stereocenters. The molecule has 0 aliphatic heterocycles. The smallest absolute Gasteiger partial charge is 0.105 e. The van der Waals surface area contributed by atoms with E-state index in [0.29, 0.717) is 0 Å². The van der Waals surface area contributed by atoms with Gasteiger partial charge < -0.3 is 15.1 Å². The van der Waals surface area contributed by atoms with E-state index in [9.17, 15) is 0 Å². The van der Waals surface area contributed by atoms with Gasteiger partial charge in [0.05, 0.1) is 6.26 Å². The lowest BCUT2D eigenvalue weighted by Gasteiger charge is -2.20. The molecule has 3 nitrogen and oxygen atoms in total. The molecule has 0 saturated carbocycles. The second-order valence-electron chi connectivity index (χ2n) is 4.96. The molecule has 1 aromatic carbocycles. The monoisotopic (exact) mass is 258 g/mol. The van der Waals surface area contributed by atoms with Crippen LogP contribution in [0.15, 0.2) is 41.0 Å². The standard InChI is InChI=1S/C16H22N2O/c1-4-16(17)13-5-7-15(8-6-13)18(3)11-14-9-10-19-12(14)2/h5-10,16H,4,11,17H2,1-3H3/t16-/m1/s1. The summed E-state index contributed by atoms with van der Waals surface area (Å²) in [5, 5.41) is 0. The van der Waals surface area contributed by atoms with Crippen molar-refractivity contribution < 1.29 is 4.42 Å². The summed E-state index contributed by atoms with van der Waals surface area (Å²) >= 11 is 0. The van der Waals surface area contributed by atoms with E-state index < -0.39 is 0 Å². The van der Waals surface area contributed by atoms with Gasteiger partial charge in [0.15, 0.2) is 0 Å². The van der Waals surface area contributed by atoms with Crippen LogP contribution in [0.5, 0.6) is 0 Å². The Morgan fingerprint density at radius 3 is 2.42 bits per heavy atom. The van der Waals surface area contributed by atoms with Crippen LogP contribution in [0.4, 0.5) is 5.69 Å². The summed E-state index contributed by atoms with van der Waals surface area (Å²) in [5.41, 5.74) is 9.62. The Morgan fingerprint density at radius 1 is 1.21 bits per heavy atom. The van der Waals surface area contributed by atoms with Crippen LogP contribution < -0.4 is 10.6 Å². The van der Waals surface area contributed by atoms with Gasteiger partial charge in [-0.2, -0.15) is 0 Å². The molecule has 19 heavy (non-hydrogen) atoms. The predicted molar refractivity (Wildman–Crippen MR) is 79.2 cm³/mol. The van der Waals surface area contributed by atoms with Crippen molar-refractivity contribution in [2.45, 2.75) is 32.9 Å². The van der Waals surface area contributed by atoms with Crippen molar-refractivity contribution in [2.75, 3.05) is 11.9 Å². The van der Waals surface area contributed by atoms with Crippen molar-refractivity contribution in [2.24, 2.45) is 5.73 Å². The van der Waals surface area contributed by atoms with Crippen molar-refractivity contribution in [3.8, 4) is 0 Å². The van der Waals surface area contributed by atoms with Crippen LogP contribution in [-0.2, 0) is 6.54 Å². The molecule has 1 aromatic heterocycles. The highest BCUT2D eigenvalue weighted by Gasteiger charge is 2.08. The Morgan fingerprint density at radius 2 is 1.89 bits per heavy atom. The van der Waals surface area contributed by atoms with E-state index in [1.807, 2.05) is 13.0 Å². The van der Waals surface area contributed by atoms with Gasteiger partial charge in [0.25, 0.3) is 0 Å². The van der Waals surface area contributed by atoms with Crippen molar-refractivity contribution in [3.05, 3.63) is 53.5 Å². The third-order valence-corrected chi connectivity index (χ3v) is 3.58. The lowest BCUT2D eigenvalue weighted by atomic mass is 10.1. The van der Waals surface area contributed by atoms with Crippen LogP contribution in [0.2, 0.25) is 0 Å². The Hall–Kier alpha value is -1.74. The van der Waals surface area contributed by atoms with Gasteiger partial charge in [-0.05, 0) is 37.1 Å². The van der Waals surface area contributed by atoms with Gasteiger partial charge in [-0.15, -0.1) is 0 Å².